The highest BCUT2D eigenvalue weighted by Gasteiger charge is 2.52. The van der Waals surface area contributed by atoms with Crippen LogP contribution in [0.15, 0.2) is 72.7 Å². The van der Waals surface area contributed by atoms with Crippen LogP contribution in [0.2, 0.25) is 0 Å². The molecule has 2 aliphatic heterocycles. The van der Waals surface area contributed by atoms with Crippen LogP contribution in [0, 0.1) is 0 Å². The van der Waals surface area contributed by atoms with Gasteiger partial charge in [-0.1, -0.05) is 36.4 Å². The lowest BCUT2D eigenvalue weighted by molar-refractivity contribution is -0.168. The van der Waals surface area contributed by atoms with Crippen molar-refractivity contribution in [1.82, 2.24) is 34.0 Å². The lowest BCUT2D eigenvalue weighted by atomic mass is 10.1. The molecule has 28 heteroatoms. The zero-order chi connectivity index (χ0) is 45.6. The molecule has 2 fully saturated rings. The van der Waals surface area contributed by atoms with Crippen LogP contribution in [0.5, 0.6) is 0 Å². The van der Waals surface area contributed by atoms with E-state index in [1.54, 1.807) is 24.3 Å². The fraction of sp³-hybridized carbons (Fsp3) is 0.457. The van der Waals surface area contributed by atoms with Crippen LogP contribution >= 0.6 is 15.6 Å². The van der Waals surface area contributed by atoms with Crippen molar-refractivity contribution >= 4 is 50.3 Å². The molecule has 0 bridgehead atoms. The van der Waals surface area contributed by atoms with E-state index in [4.69, 9.17) is 39.5 Å². The van der Waals surface area contributed by atoms with Crippen LogP contribution in [0.3, 0.4) is 0 Å². The Kier molecular flexibility index (Phi) is 15.2. The molecule has 2 aliphatic rings. The van der Waals surface area contributed by atoms with Crippen molar-refractivity contribution in [1.29, 1.82) is 0 Å². The van der Waals surface area contributed by atoms with Gasteiger partial charge in [0.15, 0.2) is 36.1 Å². The number of imidazole rings is 1. The number of aliphatic hydroxyl groups is 2. The minimum Gasteiger partial charge on any atom is -0.455 e. The Morgan fingerprint density at radius 2 is 1.63 bits per heavy atom. The first-order chi connectivity index (χ1) is 29.9. The van der Waals surface area contributed by atoms with Gasteiger partial charge in [0.25, 0.3) is 0 Å². The first-order valence-electron chi connectivity index (χ1n) is 18.9. The Balaban J connectivity index is 1.25. The number of anilines is 2. The molecule has 342 valence electrons. The Morgan fingerprint density at radius 1 is 0.968 bits per heavy atom. The number of amides is 1. The largest absolute Gasteiger partial charge is 0.472 e. The summed E-state index contributed by atoms with van der Waals surface area (Å²) in [7, 11) is -9.25. The van der Waals surface area contributed by atoms with Gasteiger partial charge in [-0.25, -0.2) is 33.7 Å². The van der Waals surface area contributed by atoms with Gasteiger partial charge in [0.1, 0.15) is 48.2 Å². The van der Waals surface area contributed by atoms with Crippen molar-refractivity contribution in [3.05, 3.63) is 84.0 Å². The maximum Gasteiger partial charge on any atom is 0.472 e. The highest BCUT2D eigenvalue weighted by Crippen LogP contribution is 2.50. The van der Waals surface area contributed by atoms with E-state index in [1.165, 1.54) is 30.1 Å². The predicted molar refractivity (Wildman–Crippen MR) is 213 cm³/mol. The summed E-state index contributed by atoms with van der Waals surface area (Å²) >= 11 is 0. The number of aliphatic hydroxyl groups excluding tert-OH is 2. The number of aromatic nitrogens is 6. The fourth-order valence-electron chi connectivity index (χ4n) is 6.63. The minimum absolute atomic E-state index is 0.0119. The summed E-state index contributed by atoms with van der Waals surface area (Å²) in [4.78, 5) is 86.3. The molecule has 6 rings (SSSR count). The first-order valence-corrected chi connectivity index (χ1v) is 21.9. The normalized spacial score (nSPS) is 25.1. The number of allylic oxidation sites excluding steroid dienone is 1. The second-order valence-corrected chi connectivity index (χ2v) is 16.8. The zero-order valence-corrected chi connectivity index (χ0v) is 35.0. The topological polar surface area (TPSA) is 368 Å². The molecule has 9 N–H and O–H groups in total. The summed E-state index contributed by atoms with van der Waals surface area (Å²) < 4.78 is 65.5. The second kappa shape index (κ2) is 20.2. The SMILES string of the molecule is C=CCCC(=O)N(C)[C@@H](COCc1ccccc1)C(=O)O[C@H]1[C@@H](O)[C@H](n2cnc3c(N)ncnc32)O[C@@H]1COP(=O)(O)O[C@H]1[C@@H](O)[C@H](n2ccc(N)nc2=O)O[C@@H]1COP(=O)(O)O. The summed E-state index contributed by atoms with van der Waals surface area (Å²) in [5.41, 5.74) is 11.4. The Labute approximate surface area is 356 Å². The van der Waals surface area contributed by atoms with Crippen molar-refractivity contribution in [2.45, 2.75) is 74.6 Å². The van der Waals surface area contributed by atoms with Gasteiger partial charge in [-0.15, -0.1) is 6.58 Å². The summed E-state index contributed by atoms with van der Waals surface area (Å²) in [6.45, 7) is 1.31. The number of ether oxygens (including phenoxy) is 4. The number of carbonyl (C=O) groups excluding carboxylic acids is 2. The van der Waals surface area contributed by atoms with Gasteiger partial charge in [0.05, 0.1) is 32.8 Å². The van der Waals surface area contributed by atoms with Gasteiger partial charge in [0.2, 0.25) is 5.91 Å². The van der Waals surface area contributed by atoms with Crippen LogP contribution in [0.1, 0.15) is 30.9 Å². The summed E-state index contributed by atoms with van der Waals surface area (Å²) in [5.74, 6) is -1.74. The number of fused-ring (bicyclic) bond motifs is 1. The number of likely N-dealkylation sites (N-methyl/N-ethyl adjacent to an activating group) is 1. The molecule has 2 saturated heterocycles. The van der Waals surface area contributed by atoms with Crippen molar-refractivity contribution < 1.29 is 76.1 Å². The molecule has 0 aliphatic carbocycles. The molecule has 0 saturated carbocycles. The van der Waals surface area contributed by atoms with Crippen molar-refractivity contribution in [3.63, 3.8) is 0 Å². The molecule has 63 heavy (non-hydrogen) atoms. The lowest BCUT2D eigenvalue weighted by Crippen LogP contribution is -2.49. The molecule has 26 nitrogen and oxygen atoms in total. The number of phosphoric ester groups is 2. The third kappa shape index (κ3) is 11.6. The molecule has 1 amide bonds. The van der Waals surface area contributed by atoms with E-state index in [1.807, 2.05) is 6.07 Å². The predicted octanol–water partition coefficient (Wildman–Crippen LogP) is -0.702. The second-order valence-electron chi connectivity index (χ2n) is 14.1. The average Bonchev–Trinajstić information content (AvgIpc) is 3.90. The quantitative estimate of drug-likeness (QED) is 0.0327. The van der Waals surface area contributed by atoms with E-state index in [-0.39, 0.29) is 42.4 Å². The van der Waals surface area contributed by atoms with Gasteiger partial charge in [-0.05, 0) is 18.1 Å². The summed E-state index contributed by atoms with van der Waals surface area (Å²) in [6, 6.07) is 8.75. The first kappa shape index (κ1) is 47.4. The van der Waals surface area contributed by atoms with E-state index in [0.717, 1.165) is 27.6 Å². The number of rotatable bonds is 20. The van der Waals surface area contributed by atoms with Crippen molar-refractivity contribution in [3.8, 4) is 0 Å². The highest BCUT2D eigenvalue weighted by atomic mass is 31.2. The average molecular weight is 926 g/mol. The molecule has 5 heterocycles. The lowest BCUT2D eigenvalue weighted by Gasteiger charge is -2.29. The van der Waals surface area contributed by atoms with E-state index >= 15 is 0 Å². The van der Waals surface area contributed by atoms with Crippen molar-refractivity contribution in [2.24, 2.45) is 0 Å². The molecular weight excluding hydrogens is 880 g/mol. The van der Waals surface area contributed by atoms with Gasteiger partial charge in [-0.2, -0.15) is 4.98 Å². The molecule has 1 unspecified atom stereocenters. The van der Waals surface area contributed by atoms with E-state index in [0.29, 0.717) is 6.42 Å². The third-order valence-corrected chi connectivity index (χ3v) is 11.3. The van der Waals surface area contributed by atoms with Crippen LogP contribution in [0.4, 0.5) is 11.6 Å². The molecule has 4 aromatic rings. The molecular formula is C35H45N9O17P2. The number of hydrogen-bond donors (Lipinski definition) is 7. The molecule has 10 atom stereocenters. The van der Waals surface area contributed by atoms with Crippen LogP contribution < -0.4 is 17.2 Å². The van der Waals surface area contributed by atoms with Crippen LogP contribution in [-0.2, 0) is 57.8 Å². The van der Waals surface area contributed by atoms with Crippen LogP contribution in [0.25, 0.3) is 11.2 Å². The maximum absolute atomic E-state index is 14.1. The number of carbonyl (C=O) groups is 2. The van der Waals surface area contributed by atoms with E-state index in [2.05, 4.69) is 31.0 Å². The van der Waals surface area contributed by atoms with E-state index in [9.17, 15) is 48.4 Å². The van der Waals surface area contributed by atoms with Gasteiger partial charge < -0.3 is 60.2 Å². The standard InChI is InChI=1S/C35H45N9O17P2/c1-3-4-10-24(45)42(2)20(14-55-13-19-8-6-5-7-9-19)34(48)60-28-21(58-33(26(28)46)44-18-40-25-30(37)38-17-39-31(25)44)16-57-63(53,54)61-29-22(15-56-62(50,51)52)59-32(27(29)47)43-12-11-23(36)41-35(43)49/h3,5-9,11-12,17-18,20-22,26-29,32-33,46-47H,1,4,10,13-16H2,2H3,(H,53,54)(H2,36,41,49)(H2,37,38,39)(H2,50,51,52)/t20-,21+,22+,26+,27+,28+,29+,32+,33+/m0/s1. The third-order valence-electron chi connectivity index (χ3n) is 9.80. The Bertz CT molecular complexity index is 2400. The van der Waals surface area contributed by atoms with Gasteiger partial charge >= 0.3 is 27.3 Å². The number of nitrogens with zero attached hydrogens (tertiary/aromatic N) is 7. The molecule has 0 radical (unpaired) electrons. The van der Waals surface area contributed by atoms with E-state index < -0.39 is 102 Å². The monoisotopic (exact) mass is 925 g/mol. The zero-order valence-electron chi connectivity index (χ0n) is 33.2. The highest BCUT2D eigenvalue weighted by molar-refractivity contribution is 7.47. The molecule has 3 aromatic heterocycles. The minimum atomic E-state index is -5.43. The number of nitrogens with two attached hydrogens (primary N) is 2. The van der Waals surface area contributed by atoms with Gasteiger partial charge in [0, 0.05) is 19.7 Å². The number of nitrogen functional groups attached to an aromatic ring is 2. The molecule has 1 aromatic carbocycles. The number of hydrogen-bond acceptors (Lipinski definition) is 20. The Hall–Kier alpha value is -5.05. The summed E-state index contributed by atoms with van der Waals surface area (Å²) in [6.07, 6.45) is -8.74. The maximum atomic E-state index is 14.1. The smallest absolute Gasteiger partial charge is 0.455 e. The summed E-state index contributed by atoms with van der Waals surface area (Å²) in [5, 5.41) is 22.9. The number of benzene rings is 1. The van der Waals surface area contributed by atoms with Crippen LogP contribution in [-0.4, -0.2) is 140 Å². The van der Waals surface area contributed by atoms with Crippen molar-refractivity contribution in [2.75, 3.05) is 38.3 Å². The fourth-order valence-corrected chi connectivity index (χ4v) is 7.94. The molecule has 0 spiro atoms. The number of phosphoric acid groups is 2. The number of esters is 1. The van der Waals surface area contributed by atoms with Gasteiger partial charge in [-0.3, -0.25) is 27.5 Å². The Morgan fingerprint density at radius 3 is 2.32 bits per heavy atom.